The van der Waals surface area contributed by atoms with Gasteiger partial charge in [-0.25, -0.2) is 4.98 Å². The SMILES string of the molecule is CC(C)n1c(N(C)Cc2ccccc2)nc2sc3c(c2c1=O)CCCC3. The lowest BCUT2D eigenvalue weighted by molar-refractivity contribution is 0.565. The number of rotatable bonds is 4. The first-order chi connectivity index (χ1) is 12.6. The second-order valence-electron chi connectivity index (χ2n) is 7.41. The number of aryl methyl sites for hydroxylation is 2. The van der Waals surface area contributed by atoms with E-state index in [4.69, 9.17) is 4.98 Å². The molecule has 2 heterocycles. The van der Waals surface area contributed by atoms with Gasteiger partial charge in [0.2, 0.25) is 5.95 Å². The van der Waals surface area contributed by atoms with E-state index in [0.29, 0.717) is 0 Å². The van der Waals surface area contributed by atoms with E-state index in [9.17, 15) is 4.79 Å². The lowest BCUT2D eigenvalue weighted by Gasteiger charge is -2.24. The molecule has 0 saturated carbocycles. The summed E-state index contributed by atoms with van der Waals surface area (Å²) in [4.78, 5) is 22.7. The van der Waals surface area contributed by atoms with E-state index in [-0.39, 0.29) is 11.6 Å². The largest absolute Gasteiger partial charge is 0.341 e. The highest BCUT2D eigenvalue weighted by molar-refractivity contribution is 7.18. The van der Waals surface area contributed by atoms with Crippen molar-refractivity contribution < 1.29 is 0 Å². The van der Waals surface area contributed by atoms with Crippen LogP contribution in [0.5, 0.6) is 0 Å². The summed E-state index contributed by atoms with van der Waals surface area (Å²) in [5.41, 5.74) is 2.60. The number of nitrogens with zero attached hydrogens (tertiary/aromatic N) is 3. The topological polar surface area (TPSA) is 38.1 Å². The molecule has 0 amide bonds. The van der Waals surface area contributed by atoms with Crippen LogP contribution in [0.3, 0.4) is 0 Å². The van der Waals surface area contributed by atoms with Crippen LogP contribution in [0.1, 0.15) is 48.7 Å². The van der Waals surface area contributed by atoms with Crippen molar-refractivity contribution in [1.82, 2.24) is 9.55 Å². The molecule has 4 rings (SSSR count). The lowest BCUT2D eigenvalue weighted by Crippen LogP contribution is -2.31. The average molecular weight is 368 g/mol. The van der Waals surface area contributed by atoms with E-state index in [0.717, 1.165) is 35.6 Å². The average Bonchev–Trinajstić information content (AvgIpc) is 3.00. The van der Waals surface area contributed by atoms with Crippen molar-refractivity contribution in [3.8, 4) is 0 Å². The van der Waals surface area contributed by atoms with Crippen molar-refractivity contribution in [1.29, 1.82) is 0 Å². The number of thiophene rings is 1. The van der Waals surface area contributed by atoms with Gasteiger partial charge in [-0.2, -0.15) is 0 Å². The highest BCUT2D eigenvalue weighted by Crippen LogP contribution is 2.35. The first-order valence-electron chi connectivity index (χ1n) is 9.38. The minimum Gasteiger partial charge on any atom is -0.341 e. The number of hydrogen-bond donors (Lipinski definition) is 0. The van der Waals surface area contributed by atoms with Crippen molar-refractivity contribution >= 4 is 27.5 Å². The van der Waals surface area contributed by atoms with E-state index in [2.05, 4.69) is 30.9 Å². The molecular formula is C21H25N3OS. The molecule has 0 aliphatic heterocycles. The maximum Gasteiger partial charge on any atom is 0.264 e. The maximum absolute atomic E-state index is 13.4. The zero-order valence-electron chi connectivity index (χ0n) is 15.7. The summed E-state index contributed by atoms with van der Waals surface area (Å²) in [5, 5.41) is 0.871. The molecule has 1 aliphatic rings. The Labute approximate surface area is 158 Å². The molecule has 1 aromatic carbocycles. The summed E-state index contributed by atoms with van der Waals surface area (Å²) >= 11 is 1.72. The summed E-state index contributed by atoms with van der Waals surface area (Å²) in [6.45, 7) is 4.86. The predicted octanol–water partition coefficient (Wildman–Crippen LogP) is 4.55. The molecule has 0 atom stereocenters. The van der Waals surface area contributed by atoms with E-state index in [1.54, 1.807) is 11.3 Å². The van der Waals surface area contributed by atoms with Gasteiger partial charge in [0, 0.05) is 24.5 Å². The minimum absolute atomic E-state index is 0.0757. The minimum atomic E-state index is 0.0757. The van der Waals surface area contributed by atoms with Gasteiger partial charge in [-0.15, -0.1) is 11.3 Å². The van der Waals surface area contributed by atoms with Crippen molar-refractivity contribution in [2.24, 2.45) is 0 Å². The standard InChI is InChI=1S/C21H25N3OS/c1-14(2)24-20(25)18-16-11-7-8-12-17(16)26-19(18)22-21(24)23(3)13-15-9-5-4-6-10-15/h4-6,9-10,14H,7-8,11-13H2,1-3H3. The van der Waals surface area contributed by atoms with Crippen LogP contribution in [0.2, 0.25) is 0 Å². The van der Waals surface area contributed by atoms with Gasteiger partial charge >= 0.3 is 0 Å². The van der Waals surface area contributed by atoms with Crippen molar-refractivity contribution in [2.45, 2.75) is 52.1 Å². The Balaban J connectivity index is 1.86. The molecule has 0 unspecified atom stereocenters. The molecule has 0 fully saturated rings. The highest BCUT2D eigenvalue weighted by atomic mass is 32.1. The lowest BCUT2D eigenvalue weighted by atomic mass is 9.97. The van der Waals surface area contributed by atoms with Crippen molar-refractivity contribution in [3.63, 3.8) is 0 Å². The Morgan fingerprint density at radius 1 is 1.19 bits per heavy atom. The fraction of sp³-hybridized carbons (Fsp3) is 0.429. The Morgan fingerprint density at radius 3 is 2.65 bits per heavy atom. The van der Waals surface area contributed by atoms with E-state index >= 15 is 0 Å². The second-order valence-corrected chi connectivity index (χ2v) is 8.50. The molecule has 3 aromatic rings. The molecule has 136 valence electrons. The molecular weight excluding hydrogens is 342 g/mol. The zero-order valence-corrected chi connectivity index (χ0v) is 16.5. The van der Waals surface area contributed by atoms with Crippen LogP contribution < -0.4 is 10.5 Å². The first kappa shape index (κ1) is 17.3. The summed E-state index contributed by atoms with van der Waals surface area (Å²) in [7, 11) is 2.02. The van der Waals surface area contributed by atoms with Crippen LogP contribution in [0, 0.1) is 0 Å². The summed E-state index contributed by atoms with van der Waals surface area (Å²) < 4.78 is 1.87. The fourth-order valence-electron chi connectivity index (χ4n) is 3.87. The zero-order chi connectivity index (χ0) is 18.3. The summed E-state index contributed by atoms with van der Waals surface area (Å²) in [6.07, 6.45) is 4.50. The Hall–Kier alpha value is -2.14. The third-order valence-corrected chi connectivity index (χ3v) is 6.31. The first-order valence-corrected chi connectivity index (χ1v) is 10.2. The molecule has 0 N–H and O–H groups in total. The van der Waals surface area contributed by atoms with Crippen molar-refractivity contribution in [2.75, 3.05) is 11.9 Å². The quantitative estimate of drug-likeness (QED) is 0.679. The van der Waals surface area contributed by atoms with E-state index in [1.165, 1.54) is 28.8 Å². The van der Waals surface area contributed by atoms with Gasteiger partial charge in [-0.05, 0) is 50.7 Å². The fourth-order valence-corrected chi connectivity index (χ4v) is 5.12. The van der Waals surface area contributed by atoms with Gasteiger partial charge in [0.15, 0.2) is 0 Å². The Kier molecular flexibility index (Phi) is 4.57. The molecule has 0 spiro atoms. The summed E-state index contributed by atoms with van der Waals surface area (Å²) in [5.74, 6) is 0.764. The number of benzene rings is 1. The van der Waals surface area contributed by atoms with Crippen molar-refractivity contribution in [3.05, 3.63) is 56.7 Å². The third kappa shape index (κ3) is 2.94. The van der Waals surface area contributed by atoms with Crippen LogP contribution in [0.15, 0.2) is 35.1 Å². The van der Waals surface area contributed by atoms with Crippen LogP contribution in [-0.2, 0) is 19.4 Å². The predicted molar refractivity (Wildman–Crippen MR) is 109 cm³/mol. The second kappa shape index (κ2) is 6.88. The molecule has 4 nitrogen and oxygen atoms in total. The van der Waals surface area contributed by atoms with E-state index < -0.39 is 0 Å². The van der Waals surface area contributed by atoms with Gasteiger partial charge < -0.3 is 4.90 Å². The monoisotopic (exact) mass is 367 g/mol. The normalized spacial score (nSPS) is 14.0. The van der Waals surface area contributed by atoms with Crippen LogP contribution >= 0.6 is 11.3 Å². The summed E-state index contributed by atoms with van der Waals surface area (Å²) in [6, 6.07) is 10.4. The molecule has 2 aromatic heterocycles. The molecule has 0 saturated heterocycles. The number of hydrogen-bond acceptors (Lipinski definition) is 4. The van der Waals surface area contributed by atoms with Crippen LogP contribution in [0.4, 0.5) is 5.95 Å². The van der Waals surface area contributed by atoms with Gasteiger partial charge in [-0.1, -0.05) is 30.3 Å². The Morgan fingerprint density at radius 2 is 1.92 bits per heavy atom. The van der Waals surface area contributed by atoms with Gasteiger partial charge in [0.05, 0.1) is 5.39 Å². The van der Waals surface area contributed by atoms with E-state index in [1.807, 2.05) is 29.8 Å². The molecule has 0 bridgehead atoms. The van der Waals surface area contributed by atoms with Crippen LogP contribution in [-0.4, -0.2) is 16.6 Å². The smallest absolute Gasteiger partial charge is 0.264 e. The highest BCUT2D eigenvalue weighted by Gasteiger charge is 2.24. The van der Waals surface area contributed by atoms with Gasteiger partial charge in [-0.3, -0.25) is 9.36 Å². The molecule has 26 heavy (non-hydrogen) atoms. The molecule has 1 aliphatic carbocycles. The molecule has 5 heteroatoms. The van der Waals surface area contributed by atoms with Gasteiger partial charge in [0.1, 0.15) is 4.83 Å². The third-order valence-electron chi connectivity index (χ3n) is 5.12. The molecule has 0 radical (unpaired) electrons. The Bertz CT molecular complexity index is 988. The number of fused-ring (bicyclic) bond motifs is 3. The maximum atomic E-state index is 13.4. The van der Waals surface area contributed by atoms with Gasteiger partial charge in [0.25, 0.3) is 5.56 Å². The number of aromatic nitrogens is 2. The number of anilines is 1. The van der Waals surface area contributed by atoms with Crippen LogP contribution in [0.25, 0.3) is 10.2 Å².